The maximum Gasteiger partial charge on any atom is 0.238 e. The van der Waals surface area contributed by atoms with Gasteiger partial charge in [0.25, 0.3) is 0 Å². The van der Waals surface area contributed by atoms with E-state index in [1.54, 1.807) is 11.3 Å². The molecule has 0 saturated heterocycles. The summed E-state index contributed by atoms with van der Waals surface area (Å²) in [6.45, 7) is 1.60. The van der Waals surface area contributed by atoms with Gasteiger partial charge in [0.15, 0.2) is 0 Å². The molecule has 0 fully saturated rings. The van der Waals surface area contributed by atoms with Gasteiger partial charge in [-0.05, 0) is 24.7 Å². The summed E-state index contributed by atoms with van der Waals surface area (Å²) in [6.07, 6.45) is 0. The highest BCUT2D eigenvalue weighted by molar-refractivity contribution is 7.07. The van der Waals surface area contributed by atoms with Crippen LogP contribution in [0, 0.1) is 0 Å². The number of amides is 1. The Hall–Kier alpha value is -1.76. The van der Waals surface area contributed by atoms with Crippen molar-refractivity contribution in [1.82, 2.24) is 9.88 Å². The zero-order valence-corrected chi connectivity index (χ0v) is 12.2. The van der Waals surface area contributed by atoms with Crippen LogP contribution >= 0.6 is 11.3 Å². The lowest BCUT2D eigenvalue weighted by atomic mass is 10.2. The van der Waals surface area contributed by atoms with Crippen molar-refractivity contribution in [3.8, 4) is 0 Å². The molecule has 0 radical (unpaired) electrons. The number of nitrogens with zero attached hydrogens (tertiary/aromatic N) is 2. The molecule has 2 rings (SSSR count). The number of thiazole rings is 1. The summed E-state index contributed by atoms with van der Waals surface area (Å²) in [6, 6.07) is 7.79. The highest BCUT2D eigenvalue weighted by Crippen LogP contribution is 2.13. The van der Waals surface area contributed by atoms with Gasteiger partial charge in [0.2, 0.25) is 5.91 Å². The standard InChI is InChI=1S/C14H18N4OS/c1-18(8-13-9-20-10-16-13)7-11-3-2-4-12(5-11)17-14(19)6-15/h2-5,9-10H,6-8,15H2,1H3,(H,17,19). The van der Waals surface area contributed by atoms with Gasteiger partial charge in [0.05, 0.1) is 17.7 Å². The Kier molecular flexibility index (Phi) is 5.23. The van der Waals surface area contributed by atoms with Crippen molar-refractivity contribution in [1.29, 1.82) is 0 Å². The smallest absolute Gasteiger partial charge is 0.238 e. The zero-order valence-electron chi connectivity index (χ0n) is 11.4. The fourth-order valence-corrected chi connectivity index (χ4v) is 2.47. The molecular formula is C14H18N4OS. The Bertz CT molecular complexity index is 556. The predicted molar refractivity (Wildman–Crippen MR) is 81.4 cm³/mol. The van der Waals surface area contributed by atoms with Gasteiger partial charge >= 0.3 is 0 Å². The Labute approximate surface area is 122 Å². The Morgan fingerprint density at radius 3 is 3.00 bits per heavy atom. The van der Waals surface area contributed by atoms with E-state index in [9.17, 15) is 4.79 Å². The molecule has 0 bridgehead atoms. The Morgan fingerprint density at radius 2 is 2.30 bits per heavy atom. The van der Waals surface area contributed by atoms with Crippen molar-refractivity contribution in [3.05, 3.63) is 46.4 Å². The van der Waals surface area contributed by atoms with Crippen LogP contribution in [-0.2, 0) is 17.9 Å². The molecule has 0 atom stereocenters. The second kappa shape index (κ2) is 7.14. The maximum absolute atomic E-state index is 11.3. The molecule has 2 aromatic rings. The number of carbonyl (C=O) groups is 1. The number of hydrogen-bond acceptors (Lipinski definition) is 5. The number of anilines is 1. The first-order chi connectivity index (χ1) is 9.67. The number of aromatic nitrogens is 1. The van der Waals surface area contributed by atoms with Crippen LogP contribution in [0.1, 0.15) is 11.3 Å². The zero-order chi connectivity index (χ0) is 14.4. The Morgan fingerprint density at radius 1 is 1.45 bits per heavy atom. The maximum atomic E-state index is 11.3. The molecule has 0 aliphatic rings. The number of rotatable bonds is 6. The normalized spacial score (nSPS) is 10.8. The first-order valence-corrected chi connectivity index (χ1v) is 7.26. The van der Waals surface area contributed by atoms with Gasteiger partial charge in [0.1, 0.15) is 0 Å². The molecule has 1 aromatic carbocycles. The second-order valence-corrected chi connectivity index (χ2v) is 5.32. The molecule has 0 unspecified atom stereocenters. The van der Waals surface area contributed by atoms with E-state index in [-0.39, 0.29) is 12.5 Å². The molecule has 106 valence electrons. The van der Waals surface area contributed by atoms with Gasteiger partial charge in [-0.25, -0.2) is 4.98 Å². The molecule has 0 spiro atoms. The molecule has 1 amide bonds. The van der Waals surface area contributed by atoms with Gasteiger partial charge in [-0.1, -0.05) is 12.1 Å². The SMILES string of the molecule is CN(Cc1cccc(NC(=O)CN)c1)Cc1cscn1. The fourth-order valence-electron chi connectivity index (χ4n) is 1.92. The highest BCUT2D eigenvalue weighted by atomic mass is 32.1. The summed E-state index contributed by atoms with van der Waals surface area (Å²) >= 11 is 1.60. The summed E-state index contributed by atoms with van der Waals surface area (Å²) < 4.78 is 0. The quantitative estimate of drug-likeness (QED) is 0.849. The average Bonchev–Trinajstić information content (AvgIpc) is 2.91. The van der Waals surface area contributed by atoms with Crippen LogP contribution in [0.2, 0.25) is 0 Å². The van der Waals surface area contributed by atoms with Gasteiger partial charge in [-0.2, -0.15) is 0 Å². The molecule has 0 aliphatic heterocycles. The topological polar surface area (TPSA) is 71.2 Å². The summed E-state index contributed by atoms with van der Waals surface area (Å²) in [5, 5.41) is 4.81. The van der Waals surface area contributed by atoms with Crippen molar-refractivity contribution in [3.63, 3.8) is 0 Å². The third-order valence-corrected chi connectivity index (χ3v) is 3.40. The number of benzene rings is 1. The van der Waals surface area contributed by atoms with E-state index in [4.69, 9.17) is 5.73 Å². The van der Waals surface area contributed by atoms with Crippen molar-refractivity contribution in [2.45, 2.75) is 13.1 Å². The number of hydrogen-bond donors (Lipinski definition) is 2. The first-order valence-electron chi connectivity index (χ1n) is 6.32. The van der Waals surface area contributed by atoms with E-state index >= 15 is 0 Å². The molecule has 0 saturated carbocycles. The number of nitrogens with two attached hydrogens (primary N) is 1. The van der Waals surface area contributed by atoms with Crippen LogP contribution in [0.5, 0.6) is 0 Å². The summed E-state index contributed by atoms with van der Waals surface area (Å²) in [5.41, 5.74) is 10.1. The van der Waals surface area contributed by atoms with Gasteiger partial charge in [-0.15, -0.1) is 11.3 Å². The number of nitrogens with one attached hydrogen (secondary N) is 1. The largest absolute Gasteiger partial charge is 0.325 e. The molecule has 1 aromatic heterocycles. The third kappa shape index (κ3) is 4.41. The second-order valence-electron chi connectivity index (χ2n) is 4.60. The summed E-state index contributed by atoms with van der Waals surface area (Å²) in [7, 11) is 2.05. The van der Waals surface area contributed by atoms with Crippen LogP contribution < -0.4 is 11.1 Å². The van der Waals surface area contributed by atoms with E-state index in [0.29, 0.717) is 0 Å². The lowest BCUT2D eigenvalue weighted by Crippen LogP contribution is -2.22. The lowest BCUT2D eigenvalue weighted by Gasteiger charge is -2.16. The molecule has 1 heterocycles. The van der Waals surface area contributed by atoms with Crippen LogP contribution in [-0.4, -0.2) is 29.4 Å². The number of carbonyl (C=O) groups excluding carboxylic acids is 1. The monoisotopic (exact) mass is 290 g/mol. The lowest BCUT2D eigenvalue weighted by molar-refractivity contribution is -0.114. The minimum Gasteiger partial charge on any atom is -0.325 e. The van der Waals surface area contributed by atoms with E-state index in [2.05, 4.69) is 15.2 Å². The first kappa shape index (κ1) is 14.6. The van der Waals surface area contributed by atoms with Crippen LogP contribution in [0.25, 0.3) is 0 Å². The van der Waals surface area contributed by atoms with Gasteiger partial charge < -0.3 is 11.1 Å². The van der Waals surface area contributed by atoms with E-state index in [0.717, 1.165) is 30.0 Å². The van der Waals surface area contributed by atoms with Crippen molar-refractivity contribution in [2.24, 2.45) is 5.73 Å². The Balaban J connectivity index is 1.95. The highest BCUT2D eigenvalue weighted by Gasteiger charge is 2.05. The van der Waals surface area contributed by atoms with Gasteiger partial charge in [0, 0.05) is 24.2 Å². The molecule has 5 nitrogen and oxygen atoms in total. The van der Waals surface area contributed by atoms with Crippen LogP contribution in [0.15, 0.2) is 35.2 Å². The van der Waals surface area contributed by atoms with Crippen molar-refractivity contribution >= 4 is 22.9 Å². The third-order valence-electron chi connectivity index (χ3n) is 2.76. The minimum atomic E-state index is -0.182. The molecule has 20 heavy (non-hydrogen) atoms. The molecule has 6 heteroatoms. The fraction of sp³-hybridized carbons (Fsp3) is 0.286. The van der Waals surface area contributed by atoms with Crippen LogP contribution in [0.3, 0.4) is 0 Å². The van der Waals surface area contributed by atoms with Crippen LogP contribution in [0.4, 0.5) is 5.69 Å². The predicted octanol–water partition coefficient (Wildman–Crippen LogP) is 1.67. The van der Waals surface area contributed by atoms with Crippen molar-refractivity contribution < 1.29 is 4.79 Å². The molecule has 0 aliphatic carbocycles. The summed E-state index contributed by atoms with van der Waals surface area (Å²) in [5.74, 6) is -0.182. The van der Waals surface area contributed by atoms with E-state index < -0.39 is 0 Å². The van der Waals surface area contributed by atoms with Crippen molar-refractivity contribution in [2.75, 3.05) is 18.9 Å². The van der Waals surface area contributed by atoms with Gasteiger partial charge in [-0.3, -0.25) is 9.69 Å². The average molecular weight is 290 g/mol. The van der Waals surface area contributed by atoms with E-state index in [1.165, 1.54) is 0 Å². The van der Waals surface area contributed by atoms with E-state index in [1.807, 2.05) is 42.2 Å². The molecular weight excluding hydrogens is 272 g/mol. The summed E-state index contributed by atoms with van der Waals surface area (Å²) in [4.78, 5) is 17.7. The minimum absolute atomic E-state index is 0.00600. The molecule has 3 N–H and O–H groups in total.